The number of methoxy groups -OCH3 is 1. The van der Waals surface area contributed by atoms with Crippen molar-refractivity contribution in [2.24, 2.45) is 0 Å². The average Bonchev–Trinajstić information content (AvgIpc) is 3.43. The van der Waals surface area contributed by atoms with Gasteiger partial charge in [0, 0.05) is 34.5 Å². The van der Waals surface area contributed by atoms with Gasteiger partial charge in [-0.25, -0.2) is 13.5 Å². The Morgan fingerprint density at radius 1 is 1.10 bits per heavy atom. The van der Waals surface area contributed by atoms with Crippen LogP contribution in [0.15, 0.2) is 42.6 Å². The van der Waals surface area contributed by atoms with Crippen LogP contribution in [-0.2, 0) is 14.3 Å². The second-order valence-electron chi connectivity index (χ2n) is 10.5. The van der Waals surface area contributed by atoms with Gasteiger partial charge in [0.15, 0.2) is 6.10 Å². The summed E-state index contributed by atoms with van der Waals surface area (Å²) in [6.45, 7) is -0.649. The smallest absolute Gasteiger partial charge is 0.259 e. The number of rotatable bonds is 7. The van der Waals surface area contributed by atoms with Crippen LogP contribution in [0, 0.1) is 11.6 Å². The molecule has 5 rings (SSSR count). The summed E-state index contributed by atoms with van der Waals surface area (Å²) in [6.07, 6.45) is -2.19. The topological polar surface area (TPSA) is 130 Å². The predicted molar refractivity (Wildman–Crippen MR) is 149 cm³/mol. The average molecular weight is 627 g/mol. The second-order valence-corrected chi connectivity index (χ2v) is 11.3. The van der Waals surface area contributed by atoms with Crippen LogP contribution < -0.4 is 4.90 Å². The zero-order chi connectivity index (χ0) is 30.1. The molecule has 14 heteroatoms. The predicted octanol–water partition coefficient (Wildman–Crippen LogP) is 3.54. The Morgan fingerprint density at radius 2 is 1.76 bits per heavy atom. The second kappa shape index (κ2) is 12.9. The van der Waals surface area contributed by atoms with E-state index in [0.29, 0.717) is 18.5 Å². The van der Waals surface area contributed by atoms with Crippen LogP contribution in [0.5, 0.6) is 0 Å². The first-order valence-electron chi connectivity index (χ1n) is 13.4. The zero-order valence-electron chi connectivity index (χ0n) is 22.5. The lowest BCUT2D eigenvalue weighted by Crippen LogP contribution is -2.63. The van der Waals surface area contributed by atoms with Gasteiger partial charge in [-0.15, -0.1) is 5.10 Å². The molecule has 226 valence electrons. The van der Waals surface area contributed by atoms with Crippen molar-refractivity contribution in [3.8, 4) is 11.3 Å². The summed E-state index contributed by atoms with van der Waals surface area (Å²) in [5.74, 6) is -2.23. The van der Waals surface area contributed by atoms with E-state index in [-0.39, 0.29) is 21.3 Å². The SMILES string of the molecule is COC1C(C(=O)N(c2cc(Cl)cc(Cl)c2)[C@H]2CCCC[C@@H]2O)OC(CO)C(O)C1n1cc(-c2cc(F)cc(F)c2)nn1. The molecule has 0 radical (unpaired) electrons. The Bertz CT molecular complexity index is 1390. The van der Waals surface area contributed by atoms with Gasteiger partial charge in [-0.2, -0.15) is 0 Å². The minimum absolute atomic E-state index is 0.103. The van der Waals surface area contributed by atoms with Gasteiger partial charge in [0.25, 0.3) is 5.91 Å². The monoisotopic (exact) mass is 626 g/mol. The van der Waals surface area contributed by atoms with Crippen LogP contribution in [0.1, 0.15) is 31.7 Å². The fraction of sp³-hybridized carbons (Fsp3) is 0.464. The Hall–Kier alpha value is -2.71. The van der Waals surface area contributed by atoms with E-state index in [0.717, 1.165) is 31.0 Å². The Morgan fingerprint density at radius 3 is 2.38 bits per heavy atom. The molecule has 1 aromatic heterocycles. The lowest BCUT2D eigenvalue weighted by molar-refractivity contribution is -0.211. The Labute approximate surface area is 250 Å². The zero-order valence-corrected chi connectivity index (χ0v) is 24.0. The Balaban J connectivity index is 1.55. The summed E-state index contributed by atoms with van der Waals surface area (Å²) in [5, 5.41) is 40.9. The van der Waals surface area contributed by atoms with E-state index in [4.69, 9.17) is 32.7 Å². The third kappa shape index (κ3) is 6.16. The number of carbonyl (C=O) groups is 1. The number of halogens is 4. The van der Waals surface area contributed by atoms with Gasteiger partial charge in [0.2, 0.25) is 0 Å². The van der Waals surface area contributed by atoms with Gasteiger partial charge < -0.3 is 29.7 Å². The molecule has 3 N–H and O–H groups in total. The van der Waals surface area contributed by atoms with Crippen LogP contribution in [0.3, 0.4) is 0 Å². The fourth-order valence-corrected chi connectivity index (χ4v) is 6.32. The first-order chi connectivity index (χ1) is 20.1. The molecule has 3 aromatic rings. The number of aromatic nitrogens is 3. The van der Waals surface area contributed by atoms with Crippen LogP contribution in [0.4, 0.5) is 14.5 Å². The first-order valence-corrected chi connectivity index (χ1v) is 14.2. The molecular weight excluding hydrogens is 597 g/mol. The molecule has 2 aliphatic rings. The number of aliphatic hydroxyl groups excluding tert-OH is 3. The normalized spacial score (nSPS) is 28.0. The number of carbonyl (C=O) groups excluding carboxylic acids is 1. The molecule has 42 heavy (non-hydrogen) atoms. The number of aliphatic hydroxyl groups is 3. The van der Waals surface area contributed by atoms with Crippen LogP contribution in [0.2, 0.25) is 10.0 Å². The summed E-state index contributed by atoms with van der Waals surface area (Å²) < 4.78 is 40.6. The number of benzene rings is 2. The molecule has 7 atom stereocenters. The molecule has 2 heterocycles. The molecule has 1 saturated heterocycles. The molecule has 1 aliphatic carbocycles. The summed E-state index contributed by atoms with van der Waals surface area (Å²) >= 11 is 12.6. The van der Waals surface area contributed by atoms with E-state index in [9.17, 15) is 28.9 Å². The molecule has 1 aliphatic heterocycles. The Kier molecular flexibility index (Phi) is 9.43. The van der Waals surface area contributed by atoms with E-state index in [1.807, 2.05) is 0 Å². The third-order valence-electron chi connectivity index (χ3n) is 7.75. The molecule has 10 nitrogen and oxygen atoms in total. The van der Waals surface area contributed by atoms with Gasteiger partial charge in [-0.1, -0.05) is 41.3 Å². The fourth-order valence-electron chi connectivity index (χ4n) is 5.81. The number of hydrogen-bond donors (Lipinski definition) is 3. The maximum absolute atomic E-state index is 14.4. The standard InChI is InChI=1S/C28H30Cl2F2N4O6/c1-41-26-24(35-12-20(33-34-35)14-6-17(31)11-18(32)7-14)25(39)23(13-37)42-27(26)28(40)36(21-4-2-3-5-22(21)38)19-9-15(29)8-16(30)10-19/h6-12,21-27,37-39H,2-5,13H2,1H3/t21-,22-,23?,24?,25?,26?,27?/m0/s1. The highest BCUT2D eigenvalue weighted by Gasteiger charge is 2.52. The molecule has 0 bridgehead atoms. The van der Waals surface area contributed by atoms with E-state index in [2.05, 4.69) is 10.3 Å². The number of hydrogen-bond acceptors (Lipinski definition) is 8. The van der Waals surface area contributed by atoms with Crippen molar-refractivity contribution in [2.75, 3.05) is 18.6 Å². The van der Waals surface area contributed by atoms with Crippen LogP contribution >= 0.6 is 23.2 Å². The van der Waals surface area contributed by atoms with Crippen molar-refractivity contribution >= 4 is 34.8 Å². The van der Waals surface area contributed by atoms with Crippen molar-refractivity contribution in [3.63, 3.8) is 0 Å². The molecule has 2 aromatic carbocycles. The first kappa shape index (κ1) is 30.7. The molecule has 2 fully saturated rings. The van der Waals surface area contributed by atoms with Crippen LogP contribution in [0.25, 0.3) is 11.3 Å². The van der Waals surface area contributed by atoms with Gasteiger partial charge in [0.1, 0.15) is 41.7 Å². The van der Waals surface area contributed by atoms with E-state index in [1.165, 1.54) is 29.0 Å². The van der Waals surface area contributed by atoms with Gasteiger partial charge in [-0.05, 0) is 43.2 Å². The minimum atomic E-state index is -1.42. The molecule has 5 unspecified atom stereocenters. The number of amides is 1. The molecule has 1 saturated carbocycles. The van der Waals surface area contributed by atoms with E-state index in [1.54, 1.807) is 12.1 Å². The van der Waals surface area contributed by atoms with Crippen molar-refractivity contribution in [1.82, 2.24) is 15.0 Å². The summed E-state index contributed by atoms with van der Waals surface area (Å²) in [7, 11) is 1.32. The number of ether oxygens (including phenoxy) is 2. The lowest BCUT2D eigenvalue weighted by atomic mass is 9.88. The van der Waals surface area contributed by atoms with E-state index >= 15 is 0 Å². The highest BCUT2D eigenvalue weighted by atomic mass is 35.5. The highest BCUT2D eigenvalue weighted by molar-refractivity contribution is 6.35. The third-order valence-corrected chi connectivity index (χ3v) is 8.18. The maximum atomic E-state index is 14.4. The van der Waals surface area contributed by atoms with Crippen LogP contribution in [-0.4, -0.2) is 86.5 Å². The number of nitrogens with zero attached hydrogens (tertiary/aromatic N) is 4. The largest absolute Gasteiger partial charge is 0.394 e. The van der Waals surface area contributed by atoms with Crippen molar-refractivity contribution in [3.05, 3.63) is 64.3 Å². The summed E-state index contributed by atoms with van der Waals surface area (Å²) in [5.41, 5.74) is 0.545. The molecular formula is C28H30Cl2F2N4O6. The lowest BCUT2D eigenvalue weighted by Gasteiger charge is -2.46. The quantitative estimate of drug-likeness (QED) is 0.363. The maximum Gasteiger partial charge on any atom is 0.259 e. The van der Waals surface area contributed by atoms with Gasteiger partial charge in [-0.3, -0.25) is 4.79 Å². The van der Waals surface area contributed by atoms with E-state index < -0.39 is 66.8 Å². The van der Waals surface area contributed by atoms with Crippen molar-refractivity contribution < 1.29 is 38.4 Å². The minimum Gasteiger partial charge on any atom is -0.394 e. The van der Waals surface area contributed by atoms with Gasteiger partial charge >= 0.3 is 0 Å². The van der Waals surface area contributed by atoms with Gasteiger partial charge in [0.05, 0.1) is 24.9 Å². The highest BCUT2D eigenvalue weighted by Crippen LogP contribution is 2.37. The number of anilines is 1. The summed E-state index contributed by atoms with van der Waals surface area (Å²) in [4.78, 5) is 15.8. The van der Waals surface area contributed by atoms with Crippen molar-refractivity contribution in [2.45, 2.75) is 68.3 Å². The van der Waals surface area contributed by atoms with Crippen molar-refractivity contribution in [1.29, 1.82) is 0 Å². The molecule has 1 amide bonds. The summed E-state index contributed by atoms with van der Waals surface area (Å²) in [6, 6.07) is 5.75. The molecule has 0 spiro atoms.